The SMILES string of the molecule is Br.CCOC(=O)CSc1cc(=Nc2ccccc2)ss1. The van der Waals surface area contributed by atoms with Gasteiger partial charge in [-0.3, -0.25) is 4.79 Å². The zero-order valence-corrected chi connectivity index (χ0v) is 14.9. The van der Waals surface area contributed by atoms with Gasteiger partial charge in [0.05, 0.1) is 22.3 Å². The minimum atomic E-state index is -0.174. The molecule has 0 atom stereocenters. The summed E-state index contributed by atoms with van der Waals surface area (Å²) in [6.07, 6.45) is 0. The number of carbonyl (C=O) groups is 1. The van der Waals surface area contributed by atoms with Crippen molar-refractivity contribution in [1.82, 2.24) is 0 Å². The number of ether oxygens (including phenoxy) is 1. The zero-order valence-electron chi connectivity index (χ0n) is 10.8. The zero-order chi connectivity index (χ0) is 13.5. The summed E-state index contributed by atoms with van der Waals surface area (Å²) in [4.78, 5) is 15.8. The van der Waals surface area contributed by atoms with Crippen LogP contribution < -0.4 is 4.67 Å². The van der Waals surface area contributed by atoms with E-state index in [9.17, 15) is 4.79 Å². The summed E-state index contributed by atoms with van der Waals surface area (Å²) in [6.45, 7) is 2.24. The first kappa shape index (κ1) is 17.4. The van der Waals surface area contributed by atoms with E-state index in [1.54, 1.807) is 20.7 Å². The van der Waals surface area contributed by atoms with Crippen molar-refractivity contribution in [3.63, 3.8) is 0 Å². The first-order valence-corrected chi connectivity index (χ1v) is 8.90. The Kier molecular flexibility index (Phi) is 8.13. The van der Waals surface area contributed by atoms with Crippen LogP contribution in [-0.4, -0.2) is 18.3 Å². The number of para-hydroxylation sites is 1. The second kappa shape index (κ2) is 9.33. The van der Waals surface area contributed by atoms with Gasteiger partial charge in [0, 0.05) is 0 Å². The molecule has 108 valence electrons. The second-order valence-corrected chi connectivity index (χ2v) is 6.98. The Morgan fingerprint density at radius 1 is 1.30 bits per heavy atom. The van der Waals surface area contributed by atoms with Gasteiger partial charge >= 0.3 is 5.97 Å². The van der Waals surface area contributed by atoms with E-state index < -0.39 is 0 Å². The van der Waals surface area contributed by atoms with Crippen molar-refractivity contribution in [2.24, 2.45) is 4.99 Å². The van der Waals surface area contributed by atoms with E-state index in [0.29, 0.717) is 12.4 Å². The molecule has 3 nitrogen and oxygen atoms in total. The molecule has 1 aromatic carbocycles. The van der Waals surface area contributed by atoms with Crippen molar-refractivity contribution in [2.75, 3.05) is 12.4 Å². The van der Waals surface area contributed by atoms with Gasteiger partial charge in [0.15, 0.2) is 0 Å². The number of benzene rings is 1. The predicted octanol–water partition coefficient (Wildman–Crippen LogP) is 4.28. The lowest BCUT2D eigenvalue weighted by molar-refractivity contribution is -0.139. The molecule has 0 saturated carbocycles. The van der Waals surface area contributed by atoms with Crippen LogP contribution in [0, 0.1) is 0 Å². The predicted molar refractivity (Wildman–Crippen MR) is 91.5 cm³/mol. The van der Waals surface area contributed by atoms with Crippen molar-refractivity contribution >= 4 is 61.1 Å². The standard InChI is InChI=1S/C13H13NO2S3.BrH/c1-2-16-12(15)9-17-13-8-11(18-19-13)14-10-6-4-3-5-7-10;/h3-8H,2,9H2,1H3;1H. The lowest BCUT2D eigenvalue weighted by Crippen LogP contribution is -2.06. The number of halogens is 1. The Labute approximate surface area is 139 Å². The highest BCUT2D eigenvalue weighted by molar-refractivity contribution is 8.93. The molecule has 0 bridgehead atoms. The molecule has 0 amide bonds. The summed E-state index contributed by atoms with van der Waals surface area (Å²) >= 11 is 1.49. The number of hydrogen-bond donors (Lipinski definition) is 0. The van der Waals surface area contributed by atoms with Crippen LogP contribution in [0.4, 0.5) is 5.69 Å². The van der Waals surface area contributed by atoms with Crippen LogP contribution in [0.15, 0.2) is 45.6 Å². The van der Waals surface area contributed by atoms with Crippen LogP contribution in [0.5, 0.6) is 0 Å². The maximum atomic E-state index is 11.3. The van der Waals surface area contributed by atoms with Crippen molar-refractivity contribution in [3.05, 3.63) is 41.1 Å². The van der Waals surface area contributed by atoms with Gasteiger partial charge in [0.1, 0.15) is 4.67 Å². The van der Waals surface area contributed by atoms with Crippen molar-refractivity contribution in [1.29, 1.82) is 0 Å². The minimum Gasteiger partial charge on any atom is -0.465 e. The smallest absolute Gasteiger partial charge is 0.316 e. The molecule has 0 N–H and O–H groups in total. The topological polar surface area (TPSA) is 38.7 Å². The van der Waals surface area contributed by atoms with E-state index in [1.807, 2.05) is 43.3 Å². The molecule has 2 aromatic rings. The third kappa shape index (κ3) is 5.78. The average Bonchev–Trinajstić information content (AvgIpc) is 2.86. The van der Waals surface area contributed by atoms with Crippen molar-refractivity contribution in [2.45, 2.75) is 11.1 Å². The highest BCUT2D eigenvalue weighted by Gasteiger charge is 2.04. The van der Waals surface area contributed by atoms with Gasteiger partial charge in [-0.05, 0) is 25.1 Å². The van der Waals surface area contributed by atoms with Gasteiger partial charge in [-0.25, -0.2) is 4.99 Å². The third-order valence-electron chi connectivity index (χ3n) is 2.08. The van der Waals surface area contributed by atoms with E-state index in [2.05, 4.69) is 4.99 Å². The molecule has 1 aromatic heterocycles. The summed E-state index contributed by atoms with van der Waals surface area (Å²) < 4.78 is 6.94. The molecule has 0 fully saturated rings. The highest BCUT2D eigenvalue weighted by Crippen LogP contribution is 2.24. The number of esters is 1. The van der Waals surface area contributed by atoms with Gasteiger partial charge in [0.25, 0.3) is 0 Å². The molecular weight excluding hydrogens is 378 g/mol. The van der Waals surface area contributed by atoms with Crippen LogP contribution >= 0.6 is 49.4 Å². The largest absolute Gasteiger partial charge is 0.465 e. The van der Waals surface area contributed by atoms with Crippen LogP contribution in [0.2, 0.25) is 0 Å². The Hall–Kier alpha value is -0.630. The molecule has 0 aliphatic heterocycles. The summed E-state index contributed by atoms with van der Waals surface area (Å²) in [5.74, 6) is 0.179. The van der Waals surface area contributed by atoms with E-state index in [1.165, 1.54) is 11.8 Å². The average molecular weight is 392 g/mol. The Morgan fingerprint density at radius 2 is 2.05 bits per heavy atom. The summed E-state index contributed by atoms with van der Waals surface area (Å²) in [6, 6.07) is 11.8. The lowest BCUT2D eigenvalue weighted by Gasteiger charge is -1.98. The fourth-order valence-electron chi connectivity index (χ4n) is 1.31. The second-order valence-electron chi connectivity index (χ2n) is 3.51. The summed E-state index contributed by atoms with van der Waals surface area (Å²) in [5.41, 5.74) is 0.943. The molecule has 1 heterocycles. The maximum absolute atomic E-state index is 11.3. The first-order valence-electron chi connectivity index (χ1n) is 5.76. The molecule has 0 unspecified atom stereocenters. The number of carbonyl (C=O) groups excluding carboxylic acids is 1. The maximum Gasteiger partial charge on any atom is 0.316 e. The third-order valence-corrected chi connectivity index (χ3v) is 5.83. The van der Waals surface area contributed by atoms with Gasteiger partial charge in [-0.15, -0.1) is 28.7 Å². The molecule has 20 heavy (non-hydrogen) atoms. The number of rotatable bonds is 5. The molecule has 0 radical (unpaired) electrons. The van der Waals surface area contributed by atoms with Gasteiger partial charge in [0.2, 0.25) is 0 Å². The molecule has 0 aliphatic rings. The Balaban J connectivity index is 0.00000200. The van der Waals surface area contributed by atoms with E-state index in [4.69, 9.17) is 4.74 Å². The molecule has 0 aliphatic carbocycles. The Bertz CT molecular complexity index is 595. The van der Waals surface area contributed by atoms with E-state index in [0.717, 1.165) is 14.6 Å². The highest BCUT2D eigenvalue weighted by atomic mass is 79.9. The minimum absolute atomic E-state index is 0. The molecule has 7 heteroatoms. The number of thioether (sulfide) groups is 1. The Morgan fingerprint density at radius 3 is 2.75 bits per heavy atom. The normalized spacial score (nSPS) is 10.9. The first-order chi connectivity index (χ1) is 9.28. The quantitative estimate of drug-likeness (QED) is 0.433. The van der Waals surface area contributed by atoms with Gasteiger partial charge in [-0.2, -0.15) is 0 Å². The van der Waals surface area contributed by atoms with Crippen LogP contribution in [0.3, 0.4) is 0 Å². The number of nitrogens with zero attached hydrogens (tertiary/aromatic N) is 1. The van der Waals surface area contributed by atoms with Crippen LogP contribution in [0.1, 0.15) is 6.92 Å². The fourth-order valence-corrected chi connectivity index (χ4v) is 4.65. The lowest BCUT2D eigenvalue weighted by atomic mass is 10.3. The van der Waals surface area contributed by atoms with Gasteiger partial charge < -0.3 is 4.74 Å². The monoisotopic (exact) mass is 391 g/mol. The van der Waals surface area contributed by atoms with Crippen LogP contribution in [-0.2, 0) is 9.53 Å². The fraction of sp³-hybridized carbons (Fsp3) is 0.231. The van der Waals surface area contributed by atoms with Crippen molar-refractivity contribution < 1.29 is 9.53 Å². The van der Waals surface area contributed by atoms with Crippen LogP contribution in [0.25, 0.3) is 0 Å². The summed E-state index contributed by atoms with van der Waals surface area (Å²) in [7, 11) is 3.24. The van der Waals surface area contributed by atoms with E-state index >= 15 is 0 Å². The summed E-state index contributed by atoms with van der Waals surface area (Å²) in [5, 5.41) is 0. The molecule has 0 spiro atoms. The molecular formula is C13H14BrNO2S3. The van der Waals surface area contributed by atoms with Crippen molar-refractivity contribution in [3.8, 4) is 0 Å². The van der Waals surface area contributed by atoms with Gasteiger partial charge in [-0.1, -0.05) is 38.9 Å². The number of hydrogen-bond acceptors (Lipinski definition) is 6. The molecule has 0 saturated heterocycles. The van der Waals surface area contributed by atoms with E-state index in [-0.39, 0.29) is 23.0 Å². The molecule has 2 rings (SSSR count).